The van der Waals surface area contributed by atoms with Crippen molar-refractivity contribution in [2.24, 2.45) is 0 Å². The van der Waals surface area contributed by atoms with E-state index in [2.05, 4.69) is 20.0 Å². The highest BCUT2D eigenvalue weighted by Crippen LogP contribution is 2.30. The van der Waals surface area contributed by atoms with Gasteiger partial charge in [-0.2, -0.15) is 0 Å². The molecule has 0 aliphatic heterocycles. The molecule has 0 radical (unpaired) electrons. The fraction of sp³-hybridized carbons (Fsp3) is 0. The van der Waals surface area contributed by atoms with Crippen molar-refractivity contribution in [3.63, 3.8) is 0 Å². The predicted molar refractivity (Wildman–Crippen MR) is 113 cm³/mol. The van der Waals surface area contributed by atoms with Crippen molar-refractivity contribution >= 4 is 49.0 Å². The molecule has 7 nitrogen and oxygen atoms in total. The van der Waals surface area contributed by atoms with Crippen LogP contribution in [0.4, 0.5) is 15.2 Å². The van der Waals surface area contributed by atoms with Crippen molar-refractivity contribution < 1.29 is 20.5 Å². The third kappa shape index (κ3) is 3.80. The maximum absolute atomic E-state index is 13.9. The molecule has 0 saturated carbocycles. The van der Waals surface area contributed by atoms with E-state index >= 15 is 0 Å². The highest BCUT2D eigenvalue weighted by Gasteiger charge is 2.21. The first-order valence-electron chi connectivity index (χ1n) is 8.31. The molecule has 29 heavy (non-hydrogen) atoms. The second-order valence-corrected chi connectivity index (χ2v) is 8.43. The topological polar surface area (TPSA) is 101 Å². The van der Waals surface area contributed by atoms with Crippen LogP contribution in [-0.4, -0.2) is 24.3 Å². The lowest BCUT2D eigenvalue weighted by molar-refractivity contribution is 0.102. The van der Waals surface area contributed by atoms with Gasteiger partial charge in [-0.15, -0.1) is 11.3 Å². The zero-order valence-electron chi connectivity index (χ0n) is 14.7. The van der Waals surface area contributed by atoms with Gasteiger partial charge in [0, 0.05) is 26.0 Å². The van der Waals surface area contributed by atoms with Crippen LogP contribution >= 0.6 is 11.3 Å². The summed E-state index contributed by atoms with van der Waals surface area (Å²) in [6.07, 6.45) is 2.97. The Labute approximate surface area is 172 Å². The van der Waals surface area contributed by atoms with E-state index in [0.29, 0.717) is 5.39 Å². The number of anilines is 2. The van der Waals surface area contributed by atoms with Crippen LogP contribution in [0.1, 0.15) is 13.2 Å². The molecule has 10 heteroatoms. The Bertz CT molecular complexity index is 1320. The molecular weight excluding hydrogens is 415 g/mol. The van der Waals surface area contributed by atoms with Crippen molar-refractivity contribution in [3.05, 3.63) is 77.7 Å². The SMILES string of the molecule is O=C(Nc1ccc(S(=O)(=O)Nc2nccs2)c2cccnc12)c1ccccc1F.[HH].[HH]. The minimum Gasteiger partial charge on any atom is -0.320 e. The number of benzene rings is 2. The number of sulfonamides is 1. The van der Waals surface area contributed by atoms with Crippen LogP contribution in [-0.2, 0) is 10.0 Å². The predicted octanol–water partition coefficient (Wildman–Crippen LogP) is 4.38. The summed E-state index contributed by atoms with van der Waals surface area (Å²) >= 11 is 1.15. The number of pyridine rings is 1. The molecule has 2 aromatic heterocycles. The van der Waals surface area contributed by atoms with Crippen LogP contribution in [0.5, 0.6) is 0 Å². The molecule has 2 heterocycles. The lowest BCUT2D eigenvalue weighted by atomic mass is 10.1. The summed E-state index contributed by atoms with van der Waals surface area (Å²) in [5.41, 5.74) is 0.403. The van der Waals surface area contributed by atoms with Crippen LogP contribution in [0, 0.1) is 5.82 Å². The fourth-order valence-electron chi connectivity index (χ4n) is 2.76. The maximum atomic E-state index is 13.9. The van der Waals surface area contributed by atoms with E-state index in [1.54, 1.807) is 23.6 Å². The normalized spacial score (nSPS) is 11.3. The number of aromatic nitrogens is 2. The largest absolute Gasteiger partial charge is 0.320 e. The number of hydrogen-bond donors (Lipinski definition) is 2. The highest BCUT2D eigenvalue weighted by atomic mass is 32.2. The summed E-state index contributed by atoms with van der Waals surface area (Å²) in [4.78, 5) is 20.6. The van der Waals surface area contributed by atoms with Crippen molar-refractivity contribution in [2.75, 3.05) is 10.0 Å². The van der Waals surface area contributed by atoms with E-state index in [1.165, 1.54) is 42.7 Å². The molecule has 2 N–H and O–H groups in total. The van der Waals surface area contributed by atoms with Gasteiger partial charge in [0.15, 0.2) is 5.13 Å². The van der Waals surface area contributed by atoms with Gasteiger partial charge in [0.25, 0.3) is 15.9 Å². The molecule has 150 valence electrons. The Morgan fingerprint density at radius 3 is 2.62 bits per heavy atom. The summed E-state index contributed by atoms with van der Waals surface area (Å²) in [5, 5.41) is 4.79. The third-order valence-corrected chi connectivity index (χ3v) is 6.25. The Morgan fingerprint density at radius 2 is 1.86 bits per heavy atom. The third-order valence-electron chi connectivity index (χ3n) is 4.04. The van der Waals surface area contributed by atoms with E-state index in [-0.39, 0.29) is 29.6 Å². The average molecular weight is 433 g/mol. The van der Waals surface area contributed by atoms with Gasteiger partial charge in [-0.1, -0.05) is 12.1 Å². The highest BCUT2D eigenvalue weighted by molar-refractivity contribution is 7.93. The summed E-state index contributed by atoms with van der Waals surface area (Å²) in [6.45, 7) is 0. The van der Waals surface area contributed by atoms with Crippen molar-refractivity contribution in [2.45, 2.75) is 4.90 Å². The van der Waals surface area contributed by atoms with Crippen LogP contribution in [0.15, 0.2) is 71.2 Å². The minimum absolute atomic E-state index is 0. The van der Waals surface area contributed by atoms with E-state index in [0.717, 1.165) is 11.3 Å². The molecule has 0 bridgehead atoms. The molecule has 4 rings (SSSR count). The number of nitrogens with one attached hydrogen (secondary N) is 2. The number of halogens is 1. The molecule has 4 aromatic rings. The second-order valence-electron chi connectivity index (χ2n) is 5.89. The molecular formula is C19H17FN4O3S2. The first-order chi connectivity index (χ1) is 14.0. The van der Waals surface area contributed by atoms with Crippen molar-refractivity contribution in [1.82, 2.24) is 9.97 Å². The van der Waals surface area contributed by atoms with E-state index in [1.807, 2.05) is 0 Å². The first kappa shape index (κ1) is 19.0. The lowest BCUT2D eigenvalue weighted by Crippen LogP contribution is -2.16. The molecule has 0 spiro atoms. The van der Waals surface area contributed by atoms with E-state index in [4.69, 9.17) is 0 Å². The number of carbonyl (C=O) groups excluding carboxylic acids is 1. The number of fused-ring (bicyclic) bond motifs is 1. The van der Waals surface area contributed by atoms with Crippen molar-refractivity contribution in [3.8, 4) is 0 Å². The zero-order valence-corrected chi connectivity index (χ0v) is 16.3. The summed E-state index contributed by atoms with van der Waals surface area (Å²) in [6, 6.07) is 11.5. The number of amides is 1. The van der Waals surface area contributed by atoms with E-state index < -0.39 is 21.7 Å². The molecule has 0 unspecified atom stereocenters. The Kier molecular flexibility index (Phi) is 4.95. The number of hydrogen-bond acceptors (Lipinski definition) is 6. The molecule has 0 aliphatic rings. The molecule has 0 atom stereocenters. The van der Waals surface area contributed by atoms with Crippen LogP contribution < -0.4 is 10.0 Å². The van der Waals surface area contributed by atoms with Gasteiger partial charge in [-0.3, -0.25) is 14.5 Å². The first-order valence-corrected chi connectivity index (χ1v) is 10.7. The van der Waals surface area contributed by atoms with Crippen LogP contribution in [0.3, 0.4) is 0 Å². The molecule has 1 amide bonds. The summed E-state index contributed by atoms with van der Waals surface area (Å²) in [7, 11) is -3.93. The Hall–Kier alpha value is -3.37. The van der Waals surface area contributed by atoms with Gasteiger partial charge >= 0.3 is 0 Å². The Morgan fingerprint density at radius 1 is 1.03 bits per heavy atom. The van der Waals surface area contributed by atoms with Gasteiger partial charge in [0.2, 0.25) is 0 Å². The smallest absolute Gasteiger partial charge is 0.264 e. The quantitative estimate of drug-likeness (QED) is 0.487. The Balaban J connectivity index is 0.00000171. The number of thiazole rings is 1. The van der Waals surface area contributed by atoms with Gasteiger partial charge < -0.3 is 5.32 Å². The maximum Gasteiger partial charge on any atom is 0.264 e. The van der Waals surface area contributed by atoms with Gasteiger partial charge in [-0.05, 0) is 36.4 Å². The zero-order chi connectivity index (χ0) is 20.4. The minimum atomic E-state index is -3.93. The van der Waals surface area contributed by atoms with Crippen LogP contribution in [0.25, 0.3) is 10.9 Å². The van der Waals surface area contributed by atoms with Gasteiger partial charge in [-0.25, -0.2) is 17.8 Å². The summed E-state index contributed by atoms with van der Waals surface area (Å²) < 4.78 is 41.9. The number of rotatable bonds is 5. The van der Waals surface area contributed by atoms with E-state index in [9.17, 15) is 17.6 Å². The van der Waals surface area contributed by atoms with Gasteiger partial charge in [0.1, 0.15) is 5.82 Å². The van der Waals surface area contributed by atoms with Crippen molar-refractivity contribution in [1.29, 1.82) is 0 Å². The standard InChI is InChI=1S/C19H13FN4O3S2.2H2/c20-14-6-2-1-4-12(14)18(25)23-15-7-8-16(13-5-3-9-21-17(13)15)29(26,27)24-19-22-10-11-28-19;;/h1-11H,(H,22,24)(H,23,25);2*1H. The lowest BCUT2D eigenvalue weighted by Gasteiger charge is -2.12. The van der Waals surface area contributed by atoms with Crippen LogP contribution in [0.2, 0.25) is 0 Å². The molecule has 0 saturated heterocycles. The number of nitrogens with zero attached hydrogens (tertiary/aromatic N) is 2. The van der Waals surface area contributed by atoms with Gasteiger partial charge in [0.05, 0.1) is 21.7 Å². The monoisotopic (exact) mass is 432 g/mol. The molecule has 2 aromatic carbocycles. The molecule has 0 aliphatic carbocycles. The summed E-state index contributed by atoms with van der Waals surface area (Å²) in [5.74, 6) is -1.32. The molecule has 0 fully saturated rings. The fourth-order valence-corrected chi connectivity index (χ4v) is 4.75. The number of carbonyl (C=O) groups is 1. The second kappa shape index (κ2) is 7.57. The average Bonchev–Trinajstić information content (AvgIpc) is 3.20.